The van der Waals surface area contributed by atoms with Gasteiger partial charge in [0.25, 0.3) is 4.84 Å². The van der Waals surface area contributed by atoms with E-state index in [1.165, 1.54) is 11.8 Å². The molecule has 0 bridgehead atoms. The van der Waals surface area contributed by atoms with Crippen molar-refractivity contribution in [3.05, 3.63) is 33.6 Å². The van der Waals surface area contributed by atoms with Gasteiger partial charge in [0.1, 0.15) is 12.6 Å². The van der Waals surface area contributed by atoms with Crippen molar-refractivity contribution in [2.45, 2.75) is 25.2 Å². The summed E-state index contributed by atoms with van der Waals surface area (Å²) in [6.07, 6.45) is -0.177. The molecule has 0 spiro atoms. The number of benzene rings is 1. The highest BCUT2D eigenvalue weighted by molar-refractivity contribution is 9.10. The van der Waals surface area contributed by atoms with Crippen LogP contribution in [0.4, 0.5) is 0 Å². The maximum Gasteiger partial charge on any atom is 0.364 e. The highest BCUT2D eigenvalue weighted by atomic mass is 79.9. The normalized spacial score (nSPS) is 23.4. The molecule has 24 heavy (non-hydrogen) atoms. The second kappa shape index (κ2) is 7.14. The van der Waals surface area contributed by atoms with E-state index in [0.29, 0.717) is 25.5 Å². The van der Waals surface area contributed by atoms with Gasteiger partial charge >= 0.3 is 5.97 Å². The predicted octanol–water partition coefficient (Wildman–Crippen LogP) is 0.784. The Labute approximate surface area is 152 Å². The molecule has 2 aromatic rings. The van der Waals surface area contributed by atoms with Crippen molar-refractivity contribution in [3.63, 3.8) is 0 Å². The van der Waals surface area contributed by atoms with Crippen molar-refractivity contribution in [2.75, 3.05) is 13.7 Å². The number of ether oxygens (including phenoxy) is 1. The highest BCUT2D eigenvalue weighted by Crippen LogP contribution is 2.20. The summed E-state index contributed by atoms with van der Waals surface area (Å²) in [5.41, 5.74) is 0.809. The Morgan fingerprint density at radius 2 is 2.25 bits per heavy atom. The first kappa shape index (κ1) is 17.3. The first-order valence-corrected chi connectivity index (χ1v) is 8.62. The van der Waals surface area contributed by atoms with Gasteiger partial charge in [-0.15, -0.1) is 5.10 Å². The summed E-state index contributed by atoms with van der Waals surface area (Å²) >= 11 is 8.61. The molecule has 1 saturated heterocycles. The number of rotatable bonds is 4. The van der Waals surface area contributed by atoms with E-state index in [4.69, 9.17) is 21.4 Å². The maximum atomic E-state index is 11.9. The van der Waals surface area contributed by atoms with Crippen LogP contribution in [0.15, 0.2) is 33.2 Å². The fourth-order valence-corrected chi connectivity index (χ4v) is 3.30. The van der Waals surface area contributed by atoms with Gasteiger partial charge in [0.15, 0.2) is 12.7 Å². The number of hydrogen-bond acceptors (Lipinski definition) is 6. The second-order valence-corrected chi connectivity index (χ2v) is 6.93. The molecule has 7 nitrogen and oxygen atoms in total. The molecule has 2 N–H and O–H groups in total. The number of methoxy groups -OCH3 is 1. The Morgan fingerprint density at radius 1 is 1.54 bits per heavy atom. The topological polar surface area (TPSA) is 81.9 Å². The average Bonchev–Trinajstić information content (AvgIpc) is 3.11. The molecule has 3 atom stereocenters. The van der Waals surface area contributed by atoms with Crippen LogP contribution in [0, 0.1) is 4.84 Å². The number of carbonyl (C=O) groups excluding carboxylic acids is 1. The molecule has 1 aromatic carbocycles. The molecule has 0 aliphatic carbocycles. The number of aliphatic hydroxyl groups is 1. The smallest absolute Gasteiger partial charge is 0.364 e. The number of esters is 1. The van der Waals surface area contributed by atoms with Crippen LogP contribution >= 0.6 is 28.1 Å². The fourth-order valence-electron chi connectivity index (χ4n) is 2.85. The van der Waals surface area contributed by atoms with Crippen molar-refractivity contribution in [1.82, 2.24) is 9.78 Å². The SMILES string of the molecule is COC(=O)[C@@H]1C[C@H](O)C[NH+]1Cn1nc(-c2ccc(Br)cc2)oc1=S. The fraction of sp³-hybridized carbons (Fsp3) is 0.400. The molecule has 1 aliphatic rings. The van der Waals surface area contributed by atoms with Gasteiger partial charge in [0.05, 0.1) is 7.11 Å². The standard InChI is InChI=1S/C15H16BrN3O4S/c1-22-14(21)12-6-11(20)7-18(12)8-19-15(24)23-13(17-19)9-2-4-10(16)5-3-9/h2-5,11-12,20H,6-8H2,1H3/p+1/t11-,12-/m0/s1. The Morgan fingerprint density at radius 3 is 2.92 bits per heavy atom. The Bertz CT molecular complexity index is 789. The lowest BCUT2D eigenvalue weighted by molar-refractivity contribution is -0.928. The van der Waals surface area contributed by atoms with E-state index in [1.807, 2.05) is 24.3 Å². The molecule has 1 aromatic heterocycles. The second-order valence-electron chi connectivity index (χ2n) is 5.67. The Balaban J connectivity index is 1.81. The molecule has 1 unspecified atom stereocenters. The van der Waals surface area contributed by atoms with Gasteiger partial charge in [-0.2, -0.15) is 4.68 Å². The molecular weight excluding hydrogens is 398 g/mol. The van der Waals surface area contributed by atoms with Crippen LogP contribution in [-0.4, -0.2) is 46.7 Å². The summed E-state index contributed by atoms with van der Waals surface area (Å²) in [5.74, 6) is 0.0750. The molecule has 128 valence electrons. The van der Waals surface area contributed by atoms with Gasteiger partial charge < -0.3 is 19.2 Å². The summed E-state index contributed by atoms with van der Waals surface area (Å²) in [7, 11) is 1.35. The van der Waals surface area contributed by atoms with Crippen molar-refractivity contribution in [2.24, 2.45) is 0 Å². The Kier molecular flexibility index (Phi) is 5.14. The van der Waals surface area contributed by atoms with Crippen LogP contribution in [0.2, 0.25) is 0 Å². The van der Waals surface area contributed by atoms with E-state index in [1.54, 1.807) is 0 Å². The molecule has 0 saturated carbocycles. The minimum atomic E-state index is -0.545. The molecule has 0 amide bonds. The zero-order valence-electron chi connectivity index (χ0n) is 12.9. The molecule has 1 aliphatic heterocycles. The summed E-state index contributed by atoms with van der Waals surface area (Å²) in [6.45, 7) is 0.762. The van der Waals surface area contributed by atoms with Crippen molar-refractivity contribution >= 4 is 34.1 Å². The van der Waals surface area contributed by atoms with Crippen LogP contribution in [-0.2, 0) is 16.2 Å². The van der Waals surface area contributed by atoms with Crippen molar-refractivity contribution in [1.29, 1.82) is 0 Å². The third kappa shape index (κ3) is 3.59. The third-order valence-corrected chi connectivity index (χ3v) is 4.86. The molecule has 1 fully saturated rings. The number of aromatic nitrogens is 2. The number of aliphatic hydroxyl groups excluding tert-OH is 1. The number of likely N-dealkylation sites (tertiary alicyclic amines) is 1. The largest absolute Gasteiger partial charge is 0.465 e. The number of carbonyl (C=O) groups is 1. The third-order valence-electron chi connectivity index (χ3n) is 4.03. The number of nitrogens with one attached hydrogen (secondary N) is 1. The quantitative estimate of drug-likeness (QED) is 0.568. The monoisotopic (exact) mass is 414 g/mol. The minimum Gasteiger partial charge on any atom is -0.465 e. The molecule has 3 rings (SSSR count). The van der Waals surface area contributed by atoms with Crippen LogP contribution in [0.5, 0.6) is 0 Å². The van der Waals surface area contributed by atoms with E-state index in [-0.39, 0.29) is 10.8 Å². The van der Waals surface area contributed by atoms with Gasteiger partial charge in [-0.3, -0.25) is 0 Å². The zero-order chi connectivity index (χ0) is 17.3. The molecular formula is C15H17BrN3O4S+. The minimum absolute atomic E-state index is 0.227. The van der Waals surface area contributed by atoms with Gasteiger partial charge in [-0.1, -0.05) is 15.9 Å². The van der Waals surface area contributed by atoms with E-state index in [9.17, 15) is 9.90 Å². The van der Waals surface area contributed by atoms with E-state index >= 15 is 0 Å². The molecule has 9 heteroatoms. The number of hydrogen-bond donors (Lipinski definition) is 2. The first-order chi connectivity index (χ1) is 11.5. The summed E-state index contributed by atoms with van der Waals surface area (Å²) in [5, 5.41) is 14.3. The summed E-state index contributed by atoms with van der Waals surface area (Å²) in [4.78, 5) is 12.9. The van der Waals surface area contributed by atoms with E-state index in [0.717, 1.165) is 14.9 Å². The van der Waals surface area contributed by atoms with Gasteiger partial charge in [0.2, 0.25) is 5.89 Å². The predicted molar refractivity (Wildman–Crippen MR) is 90.7 cm³/mol. The van der Waals surface area contributed by atoms with Crippen molar-refractivity contribution < 1.29 is 24.0 Å². The van der Waals surface area contributed by atoms with E-state index in [2.05, 4.69) is 21.0 Å². The first-order valence-electron chi connectivity index (χ1n) is 7.42. The summed E-state index contributed by atoms with van der Waals surface area (Å²) in [6, 6.07) is 7.10. The summed E-state index contributed by atoms with van der Waals surface area (Å²) < 4.78 is 12.9. The van der Waals surface area contributed by atoms with Crippen LogP contribution in [0.1, 0.15) is 6.42 Å². The average molecular weight is 415 g/mol. The van der Waals surface area contributed by atoms with E-state index < -0.39 is 12.1 Å². The van der Waals surface area contributed by atoms with Crippen LogP contribution in [0.25, 0.3) is 11.5 Å². The van der Waals surface area contributed by atoms with Crippen LogP contribution in [0.3, 0.4) is 0 Å². The molecule has 0 radical (unpaired) electrons. The van der Waals surface area contributed by atoms with Crippen LogP contribution < -0.4 is 4.90 Å². The molecule has 2 heterocycles. The van der Waals surface area contributed by atoms with Crippen molar-refractivity contribution in [3.8, 4) is 11.5 Å². The van der Waals surface area contributed by atoms with Gasteiger partial charge in [-0.25, -0.2) is 4.79 Å². The Hall–Kier alpha value is -1.55. The lowest BCUT2D eigenvalue weighted by Gasteiger charge is -2.18. The number of quaternary nitrogens is 1. The van der Waals surface area contributed by atoms with Gasteiger partial charge in [-0.05, 0) is 36.5 Å². The number of nitrogens with zero attached hydrogens (tertiary/aromatic N) is 2. The van der Waals surface area contributed by atoms with Gasteiger partial charge in [0, 0.05) is 16.5 Å². The zero-order valence-corrected chi connectivity index (χ0v) is 15.3. The lowest BCUT2D eigenvalue weighted by atomic mass is 10.2. The lowest BCUT2D eigenvalue weighted by Crippen LogP contribution is -3.14. The number of halogens is 1. The maximum absolute atomic E-state index is 11.9. The highest BCUT2D eigenvalue weighted by Gasteiger charge is 2.41.